The second-order valence-electron chi connectivity index (χ2n) is 6.14. The first kappa shape index (κ1) is 19.7. The monoisotopic (exact) mass is 360 g/mol. The van der Waals surface area contributed by atoms with Gasteiger partial charge in [0.1, 0.15) is 5.75 Å². The van der Waals surface area contributed by atoms with Crippen molar-refractivity contribution in [3.63, 3.8) is 0 Å². The first-order chi connectivity index (χ1) is 12.6. The summed E-state index contributed by atoms with van der Waals surface area (Å²) >= 11 is 0. The van der Waals surface area contributed by atoms with E-state index >= 15 is 0 Å². The van der Waals surface area contributed by atoms with Gasteiger partial charge in [-0.2, -0.15) is 0 Å². The molecular formula is C19H24N2O5. The zero-order valence-corrected chi connectivity index (χ0v) is 14.9. The highest BCUT2D eigenvalue weighted by Crippen LogP contribution is 2.26. The van der Waals surface area contributed by atoms with Crippen LogP contribution >= 0.6 is 0 Å². The molecule has 0 bridgehead atoms. The second kappa shape index (κ2) is 9.72. The number of rotatable bonds is 9. The van der Waals surface area contributed by atoms with Crippen LogP contribution in [-0.4, -0.2) is 41.5 Å². The number of imide groups is 1. The van der Waals surface area contributed by atoms with Gasteiger partial charge in [0.05, 0.1) is 13.5 Å². The SMILES string of the molecule is COc1ccccc1/C=C1\CC(=O)N(CCCCCCC(=O)NO)C1=O. The number of unbranched alkanes of at least 4 members (excludes halogenated alkanes) is 3. The summed E-state index contributed by atoms with van der Waals surface area (Å²) in [5, 5.41) is 8.41. The molecule has 2 N–H and O–H groups in total. The van der Waals surface area contributed by atoms with E-state index in [4.69, 9.17) is 9.94 Å². The third-order valence-electron chi connectivity index (χ3n) is 4.29. The number of methoxy groups -OCH3 is 1. The number of nitrogens with one attached hydrogen (secondary N) is 1. The van der Waals surface area contributed by atoms with Gasteiger partial charge in [0.2, 0.25) is 11.8 Å². The number of amides is 3. The van der Waals surface area contributed by atoms with Crippen LogP contribution in [0.2, 0.25) is 0 Å². The topological polar surface area (TPSA) is 95.9 Å². The molecule has 0 saturated carbocycles. The number of para-hydroxylation sites is 1. The number of likely N-dealkylation sites (tertiary alicyclic amines) is 1. The fourth-order valence-electron chi connectivity index (χ4n) is 2.90. The average molecular weight is 360 g/mol. The van der Waals surface area contributed by atoms with Crippen molar-refractivity contribution in [2.45, 2.75) is 38.5 Å². The molecule has 26 heavy (non-hydrogen) atoms. The summed E-state index contributed by atoms with van der Waals surface area (Å²) in [5.74, 6) is -0.178. The van der Waals surface area contributed by atoms with Crippen LogP contribution in [0.1, 0.15) is 44.1 Å². The molecule has 1 aromatic rings. The van der Waals surface area contributed by atoms with E-state index in [1.165, 1.54) is 4.90 Å². The minimum absolute atomic E-state index is 0.105. The number of benzene rings is 1. The molecule has 0 aliphatic carbocycles. The number of carbonyl (C=O) groups is 3. The van der Waals surface area contributed by atoms with Crippen LogP contribution in [0.5, 0.6) is 5.75 Å². The Labute approximate surface area is 152 Å². The van der Waals surface area contributed by atoms with Gasteiger partial charge in [0.15, 0.2) is 0 Å². The Morgan fingerprint density at radius 3 is 2.69 bits per heavy atom. The fourth-order valence-corrected chi connectivity index (χ4v) is 2.90. The van der Waals surface area contributed by atoms with Crippen molar-refractivity contribution >= 4 is 23.8 Å². The van der Waals surface area contributed by atoms with E-state index in [0.29, 0.717) is 30.7 Å². The third-order valence-corrected chi connectivity index (χ3v) is 4.29. The maximum absolute atomic E-state index is 12.5. The summed E-state index contributed by atoms with van der Waals surface area (Å²) in [5.41, 5.74) is 2.84. The number of hydrogen-bond donors (Lipinski definition) is 2. The van der Waals surface area contributed by atoms with E-state index in [1.807, 2.05) is 24.3 Å². The smallest absolute Gasteiger partial charge is 0.256 e. The van der Waals surface area contributed by atoms with Gasteiger partial charge < -0.3 is 4.74 Å². The number of hydroxylamine groups is 1. The molecule has 0 aromatic heterocycles. The van der Waals surface area contributed by atoms with E-state index in [-0.39, 0.29) is 24.7 Å². The molecule has 7 heteroatoms. The Balaban J connectivity index is 1.86. The Bertz CT molecular complexity index is 699. The summed E-state index contributed by atoms with van der Waals surface area (Å²) in [6.07, 6.45) is 5.05. The quantitative estimate of drug-likeness (QED) is 0.232. The third kappa shape index (κ3) is 5.16. The van der Waals surface area contributed by atoms with Gasteiger partial charge >= 0.3 is 0 Å². The molecule has 0 spiro atoms. The first-order valence-corrected chi connectivity index (χ1v) is 8.68. The summed E-state index contributed by atoms with van der Waals surface area (Å²) in [6, 6.07) is 7.35. The lowest BCUT2D eigenvalue weighted by molar-refractivity contribution is -0.137. The van der Waals surface area contributed by atoms with Crippen molar-refractivity contribution < 1.29 is 24.3 Å². The van der Waals surface area contributed by atoms with E-state index in [2.05, 4.69) is 0 Å². The Morgan fingerprint density at radius 1 is 1.23 bits per heavy atom. The Morgan fingerprint density at radius 2 is 1.96 bits per heavy atom. The Kier molecular flexibility index (Phi) is 7.35. The zero-order chi connectivity index (χ0) is 18.9. The van der Waals surface area contributed by atoms with E-state index in [1.54, 1.807) is 18.7 Å². The van der Waals surface area contributed by atoms with E-state index in [0.717, 1.165) is 18.4 Å². The van der Waals surface area contributed by atoms with Crippen molar-refractivity contribution in [1.82, 2.24) is 10.4 Å². The minimum Gasteiger partial charge on any atom is -0.496 e. The van der Waals surface area contributed by atoms with Crippen LogP contribution in [0.15, 0.2) is 29.8 Å². The summed E-state index contributed by atoms with van der Waals surface area (Å²) in [4.78, 5) is 36.8. The normalized spacial score (nSPS) is 15.6. The highest BCUT2D eigenvalue weighted by molar-refractivity contribution is 6.15. The molecular weight excluding hydrogens is 336 g/mol. The molecule has 2 rings (SSSR count). The molecule has 1 aliphatic heterocycles. The molecule has 0 unspecified atom stereocenters. The second-order valence-corrected chi connectivity index (χ2v) is 6.14. The molecule has 0 radical (unpaired) electrons. The zero-order valence-electron chi connectivity index (χ0n) is 14.9. The minimum atomic E-state index is -0.402. The van der Waals surface area contributed by atoms with Gasteiger partial charge in [-0.05, 0) is 25.0 Å². The van der Waals surface area contributed by atoms with Crippen LogP contribution in [0.25, 0.3) is 6.08 Å². The predicted octanol–water partition coefficient (Wildman–Crippen LogP) is 2.29. The predicted molar refractivity (Wildman–Crippen MR) is 95.3 cm³/mol. The number of ether oxygens (including phenoxy) is 1. The standard InChI is InChI=1S/C19H24N2O5/c1-26-16-9-6-5-8-14(16)12-15-13-18(23)21(19(15)24)11-7-3-2-4-10-17(22)20-25/h5-6,8-9,12,25H,2-4,7,10-11,13H2,1H3,(H,20,22)/b15-12+. The average Bonchev–Trinajstić information content (AvgIpc) is 2.91. The number of carbonyl (C=O) groups excluding carboxylic acids is 3. The lowest BCUT2D eigenvalue weighted by Crippen LogP contribution is -2.30. The molecule has 1 fully saturated rings. The lowest BCUT2D eigenvalue weighted by Gasteiger charge is -2.13. The molecule has 1 heterocycles. The molecule has 140 valence electrons. The first-order valence-electron chi connectivity index (χ1n) is 8.68. The van der Waals surface area contributed by atoms with Gasteiger partial charge in [-0.25, -0.2) is 5.48 Å². The van der Waals surface area contributed by atoms with Crippen LogP contribution in [0, 0.1) is 0 Å². The largest absolute Gasteiger partial charge is 0.496 e. The molecule has 1 aromatic carbocycles. The Hall–Kier alpha value is -2.67. The van der Waals surface area contributed by atoms with Crippen molar-refractivity contribution in [2.24, 2.45) is 0 Å². The van der Waals surface area contributed by atoms with Crippen LogP contribution in [-0.2, 0) is 14.4 Å². The molecule has 1 saturated heterocycles. The number of hydrogen-bond acceptors (Lipinski definition) is 5. The van der Waals surface area contributed by atoms with E-state index in [9.17, 15) is 14.4 Å². The van der Waals surface area contributed by atoms with Gasteiger partial charge in [0.25, 0.3) is 5.91 Å². The van der Waals surface area contributed by atoms with Gasteiger partial charge in [-0.1, -0.05) is 31.0 Å². The maximum atomic E-state index is 12.5. The van der Waals surface area contributed by atoms with Crippen LogP contribution in [0.3, 0.4) is 0 Å². The van der Waals surface area contributed by atoms with Gasteiger partial charge in [-0.15, -0.1) is 0 Å². The highest BCUT2D eigenvalue weighted by atomic mass is 16.5. The van der Waals surface area contributed by atoms with Gasteiger partial charge in [0, 0.05) is 24.1 Å². The van der Waals surface area contributed by atoms with Crippen LogP contribution < -0.4 is 10.2 Å². The summed E-state index contributed by atoms with van der Waals surface area (Å²) in [6.45, 7) is 0.382. The highest BCUT2D eigenvalue weighted by Gasteiger charge is 2.33. The van der Waals surface area contributed by atoms with Crippen molar-refractivity contribution in [3.8, 4) is 5.75 Å². The fraction of sp³-hybridized carbons (Fsp3) is 0.421. The lowest BCUT2D eigenvalue weighted by atomic mass is 10.1. The molecule has 0 atom stereocenters. The van der Waals surface area contributed by atoms with Crippen LogP contribution in [0.4, 0.5) is 0 Å². The molecule has 1 aliphatic rings. The number of nitrogens with zero attached hydrogens (tertiary/aromatic N) is 1. The summed E-state index contributed by atoms with van der Waals surface area (Å²) in [7, 11) is 1.56. The van der Waals surface area contributed by atoms with Crippen molar-refractivity contribution in [3.05, 3.63) is 35.4 Å². The van der Waals surface area contributed by atoms with Crippen molar-refractivity contribution in [2.75, 3.05) is 13.7 Å². The van der Waals surface area contributed by atoms with E-state index < -0.39 is 5.91 Å². The van der Waals surface area contributed by atoms with Crippen molar-refractivity contribution in [1.29, 1.82) is 0 Å². The molecule has 7 nitrogen and oxygen atoms in total. The maximum Gasteiger partial charge on any atom is 0.256 e. The molecule has 3 amide bonds. The van der Waals surface area contributed by atoms with Gasteiger partial charge in [-0.3, -0.25) is 24.5 Å². The summed E-state index contributed by atoms with van der Waals surface area (Å²) < 4.78 is 5.27.